The Balaban J connectivity index is 2.07. The van der Waals surface area contributed by atoms with Gasteiger partial charge in [0, 0.05) is 24.7 Å². The smallest absolute Gasteiger partial charge is 0.286 e. The predicted octanol–water partition coefficient (Wildman–Crippen LogP) is 1.13. The number of fused-ring (bicyclic) bond motifs is 1. The number of carbonyl (C=O) groups excluding carboxylic acids is 1. The van der Waals surface area contributed by atoms with Crippen LogP contribution in [0.15, 0.2) is 28.2 Å². The van der Waals surface area contributed by atoms with Crippen LogP contribution in [0.5, 0.6) is 0 Å². The minimum absolute atomic E-state index is 0.0125. The van der Waals surface area contributed by atoms with Crippen molar-refractivity contribution in [3.8, 4) is 0 Å². The molecule has 1 fully saturated rings. The van der Waals surface area contributed by atoms with Crippen LogP contribution >= 0.6 is 11.6 Å². The molecule has 124 valence electrons. The SMILES string of the molecule is CCN1N=C(C(=O)N2CCOCC2)S(=O)(=O)c2cc(Cl)ccc21. The van der Waals surface area contributed by atoms with Crippen LogP contribution < -0.4 is 5.01 Å². The number of carbonyl (C=O) groups is 1. The Labute approximate surface area is 139 Å². The van der Waals surface area contributed by atoms with Crippen molar-refractivity contribution in [3.05, 3.63) is 23.2 Å². The summed E-state index contributed by atoms with van der Waals surface area (Å²) in [6, 6.07) is 4.55. The van der Waals surface area contributed by atoms with Gasteiger partial charge in [0.05, 0.1) is 18.9 Å². The molecule has 3 rings (SSSR count). The van der Waals surface area contributed by atoms with E-state index in [9.17, 15) is 13.2 Å². The Hall–Kier alpha value is -1.64. The maximum absolute atomic E-state index is 12.8. The first-order valence-corrected chi connectivity index (χ1v) is 9.09. The summed E-state index contributed by atoms with van der Waals surface area (Å²) in [6.45, 7) is 3.74. The summed E-state index contributed by atoms with van der Waals surface area (Å²) in [7, 11) is -4.01. The lowest BCUT2D eigenvalue weighted by Crippen LogP contribution is -2.47. The van der Waals surface area contributed by atoms with Crippen molar-refractivity contribution < 1.29 is 17.9 Å². The van der Waals surface area contributed by atoms with E-state index in [0.717, 1.165) is 0 Å². The highest BCUT2D eigenvalue weighted by atomic mass is 35.5. The molecule has 0 bridgehead atoms. The third-order valence-electron chi connectivity index (χ3n) is 3.74. The molecule has 1 amide bonds. The molecule has 0 aliphatic carbocycles. The van der Waals surface area contributed by atoms with Gasteiger partial charge in [-0.05, 0) is 25.1 Å². The van der Waals surface area contributed by atoms with Crippen molar-refractivity contribution in [2.45, 2.75) is 11.8 Å². The van der Waals surface area contributed by atoms with Gasteiger partial charge in [-0.25, -0.2) is 8.42 Å². The first-order valence-electron chi connectivity index (χ1n) is 7.23. The molecule has 7 nitrogen and oxygen atoms in total. The standard InChI is InChI=1S/C14H16ClN3O4S/c1-2-18-11-4-3-10(15)9-12(11)23(20,21)13(16-18)14(19)17-5-7-22-8-6-17/h3-4,9H,2,5-8H2,1H3. The highest BCUT2D eigenvalue weighted by Gasteiger charge is 2.39. The summed E-state index contributed by atoms with van der Waals surface area (Å²) in [4.78, 5) is 14.1. The molecule has 0 spiro atoms. The van der Waals surface area contributed by atoms with Crippen molar-refractivity contribution in [3.63, 3.8) is 0 Å². The third-order valence-corrected chi connectivity index (χ3v) is 5.64. The van der Waals surface area contributed by atoms with Gasteiger partial charge in [-0.2, -0.15) is 5.10 Å². The van der Waals surface area contributed by atoms with Gasteiger partial charge in [0.25, 0.3) is 5.91 Å². The largest absolute Gasteiger partial charge is 0.378 e. The zero-order valence-electron chi connectivity index (χ0n) is 12.5. The Morgan fingerprint density at radius 3 is 2.70 bits per heavy atom. The topological polar surface area (TPSA) is 79.3 Å². The molecular formula is C14H16ClN3O4S. The summed E-state index contributed by atoms with van der Waals surface area (Å²) >= 11 is 5.94. The number of nitrogens with zero attached hydrogens (tertiary/aromatic N) is 3. The molecule has 1 saturated heterocycles. The highest BCUT2D eigenvalue weighted by Crippen LogP contribution is 2.34. The molecule has 0 N–H and O–H groups in total. The summed E-state index contributed by atoms with van der Waals surface area (Å²) in [5.74, 6) is -0.600. The van der Waals surface area contributed by atoms with Gasteiger partial charge < -0.3 is 9.64 Å². The average molecular weight is 358 g/mol. The van der Waals surface area contributed by atoms with Crippen LogP contribution in [0, 0.1) is 0 Å². The lowest BCUT2D eigenvalue weighted by molar-refractivity contribution is -0.127. The van der Waals surface area contributed by atoms with Gasteiger partial charge >= 0.3 is 0 Å². The summed E-state index contributed by atoms with van der Waals surface area (Å²) < 4.78 is 30.8. The number of sulfone groups is 1. The van der Waals surface area contributed by atoms with Crippen LogP contribution in [-0.4, -0.2) is 57.1 Å². The number of hydrogen-bond acceptors (Lipinski definition) is 6. The number of rotatable bonds is 2. The van der Waals surface area contributed by atoms with E-state index in [1.807, 2.05) is 6.92 Å². The number of benzene rings is 1. The predicted molar refractivity (Wildman–Crippen MR) is 86.5 cm³/mol. The molecule has 0 radical (unpaired) electrons. The third kappa shape index (κ3) is 2.82. The fraction of sp³-hybridized carbons (Fsp3) is 0.429. The fourth-order valence-corrected chi connectivity index (χ4v) is 4.28. The summed E-state index contributed by atoms with van der Waals surface area (Å²) in [5, 5.41) is 5.42. The van der Waals surface area contributed by atoms with E-state index in [-0.39, 0.29) is 4.90 Å². The Morgan fingerprint density at radius 1 is 1.35 bits per heavy atom. The van der Waals surface area contributed by atoms with E-state index in [4.69, 9.17) is 16.3 Å². The molecule has 1 aromatic carbocycles. The number of amides is 1. The van der Waals surface area contributed by atoms with Gasteiger partial charge in [-0.15, -0.1) is 0 Å². The number of hydrazone groups is 1. The van der Waals surface area contributed by atoms with E-state index >= 15 is 0 Å². The second-order valence-electron chi connectivity index (χ2n) is 5.14. The van der Waals surface area contributed by atoms with E-state index in [1.165, 1.54) is 16.0 Å². The minimum atomic E-state index is -4.01. The first kappa shape index (κ1) is 16.2. The Morgan fingerprint density at radius 2 is 2.04 bits per heavy atom. The monoisotopic (exact) mass is 357 g/mol. The van der Waals surface area contributed by atoms with Crippen molar-refractivity contribution in [2.75, 3.05) is 37.9 Å². The van der Waals surface area contributed by atoms with Gasteiger partial charge in [0.2, 0.25) is 14.9 Å². The van der Waals surface area contributed by atoms with Crippen molar-refractivity contribution in [1.82, 2.24) is 4.90 Å². The van der Waals surface area contributed by atoms with Crippen molar-refractivity contribution >= 4 is 38.1 Å². The summed E-state index contributed by atoms with van der Waals surface area (Å²) in [6.07, 6.45) is 0. The van der Waals surface area contributed by atoms with Crippen LogP contribution in [0.1, 0.15) is 6.92 Å². The number of hydrogen-bond donors (Lipinski definition) is 0. The first-order chi connectivity index (χ1) is 10.9. The molecule has 23 heavy (non-hydrogen) atoms. The van der Waals surface area contributed by atoms with E-state index < -0.39 is 20.8 Å². The van der Waals surface area contributed by atoms with Crippen LogP contribution in [-0.2, 0) is 19.4 Å². The highest BCUT2D eigenvalue weighted by molar-refractivity contribution is 8.08. The molecule has 0 aromatic heterocycles. The maximum Gasteiger partial charge on any atom is 0.286 e. The van der Waals surface area contributed by atoms with Gasteiger partial charge in [0.15, 0.2) is 0 Å². The number of ether oxygens (including phenoxy) is 1. The van der Waals surface area contributed by atoms with Gasteiger partial charge in [0.1, 0.15) is 4.90 Å². The van der Waals surface area contributed by atoms with Crippen LogP contribution in [0.4, 0.5) is 5.69 Å². The molecule has 0 saturated carbocycles. The molecule has 2 aliphatic heterocycles. The van der Waals surface area contributed by atoms with Crippen LogP contribution in [0.2, 0.25) is 5.02 Å². The van der Waals surface area contributed by atoms with E-state index in [2.05, 4.69) is 5.10 Å². The number of halogens is 1. The van der Waals surface area contributed by atoms with Gasteiger partial charge in [-0.3, -0.25) is 9.80 Å². The number of anilines is 1. The van der Waals surface area contributed by atoms with Crippen LogP contribution in [0.25, 0.3) is 0 Å². The molecule has 0 atom stereocenters. The molecule has 2 aliphatic rings. The number of morpholine rings is 1. The van der Waals surface area contributed by atoms with Crippen molar-refractivity contribution in [2.24, 2.45) is 5.10 Å². The Bertz CT molecular complexity index is 772. The second kappa shape index (κ2) is 6.10. The lowest BCUT2D eigenvalue weighted by Gasteiger charge is -2.30. The minimum Gasteiger partial charge on any atom is -0.378 e. The maximum atomic E-state index is 12.8. The molecule has 0 unspecified atom stereocenters. The normalized spacial score (nSPS) is 20.0. The molecule has 2 heterocycles. The van der Waals surface area contributed by atoms with E-state index in [0.29, 0.717) is 43.6 Å². The quantitative estimate of drug-likeness (QED) is 0.792. The Kier molecular flexibility index (Phi) is 4.31. The zero-order valence-corrected chi connectivity index (χ0v) is 14.1. The molecule has 1 aromatic rings. The van der Waals surface area contributed by atoms with E-state index in [1.54, 1.807) is 12.1 Å². The van der Waals surface area contributed by atoms with Gasteiger partial charge in [-0.1, -0.05) is 11.6 Å². The molecular weight excluding hydrogens is 342 g/mol. The summed E-state index contributed by atoms with van der Waals surface area (Å²) in [5.41, 5.74) is 0.426. The second-order valence-corrected chi connectivity index (χ2v) is 7.41. The molecule has 9 heteroatoms. The average Bonchev–Trinajstić information content (AvgIpc) is 2.56. The lowest BCUT2D eigenvalue weighted by atomic mass is 10.3. The van der Waals surface area contributed by atoms with Crippen LogP contribution in [0.3, 0.4) is 0 Å². The fourth-order valence-electron chi connectivity index (χ4n) is 2.54. The zero-order chi connectivity index (χ0) is 16.6. The van der Waals surface area contributed by atoms with Crippen molar-refractivity contribution in [1.29, 1.82) is 0 Å².